The lowest BCUT2D eigenvalue weighted by atomic mass is 10.2. The lowest BCUT2D eigenvalue weighted by Crippen LogP contribution is -2.27. The van der Waals surface area contributed by atoms with Gasteiger partial charge in [0.2, 0.25) is 0 Å². The van der Waals surface area contributed by atoms with Gasteiger partial charge in [0.05, 0.1) is 6.61 Å². The van der Waals surface area contributed by atoms with Crippen molar-refractivity contribution in [2.45, 2.75) is 0 Å². The molecule has 0 radical (unpaired) electrons. The number of carbonyl (C=O) groups is 1. The maximum atomic E-state index is 11.4. The standard InChI is InChI=1S/C9H11NO4S/c11-9(8-4-2-1-3-5-8)10-6-7-14-15(12)13/h1-5H,6-7H2,(H,10,11)(H,12,13). The smallest absolute Gasteiger partial charge is 0.301 e. The molecule has 1 aromatic rings. The Balaban J connectivity index is 2.28. The topological polar surface area (TPSA) is 75.6 Å². The summed E-state index contributed by atoms with van der Waals surface area (Å²) >= 11 is -2.28. The minimum Gasteiger partial charge on any atom is -0.350 e. The molecule has 0 bridgehead atoms. The van der Waals surface area contributed by atoms with Crippen LogP contribution in [0.25, 0.3) is 0 Å². The Bertz CT molecular complexity index is 341. The van der Waals surface area contributed by atoms with Crippen LogP contribution in [0.3, 0.4) is 0 Å². The van der Waals surface area contributed by atoms with Gasteiger partial charge < -0.3 is 5.32 Å². The van der Waals surface area contributed by atoms with Gasteiger partial charge in [0.15, 0.2) is 0 Å². The third-order valence-electron chi connectivity index (χ3n) is 1.61. The molecule has 6 heteroatoms. The molecule has 0 heterocycles. The maximum Gasteiger partial charge on any atom is 0.301 e. The minimum atomic E-state index is -2.28. The molecule has 0 aliphatic rings. The van der Waals surface area contributed by atoms with E-state index < -0.39 is 11.4 Å². The molecule has 0 aromatic heterocycles. The summed E-state index contributed by atoms with van der Waals surface area (Å²) in [5.74, 6) is -0.233. The van der Waals surface area contributed by atoms with Crippen molar-refractivity contribution in [3.05, 3.63) is 35.9 Å². The second-order valence-electron chi connectivity index (χ2n) is 2.66. The highest BCUT2D eigenvalue weighted by Crippen LogP contribution is 1.97. The molecule has 1 unspecified atom stereocenters. The van der Waals surface area contributed by atoms with E-state index in [1.807, 2.05) is 6.07 Å². The molecule has 1 atom stereocenters. The third-order valence-corrected chi connectivity index (χ3v) is 1.98. The lowest BCUT2D eigenvalue weighted by molar-refractivity contribution is 0.0947. The maximum absolute atomic E-state index is 11.4. The average Bonchev–Trinajstić information content (AvgIpc) is 2.25. The van der Waals surface area contributed by atoms with E-state index in [9.17, 15) is 9.00 Å². The zero-order valence-corrected chi connectivity index (χ0v) is 8.70. The Hall–Kier alpha value is -1.24. The van der Waals surface area contributed by atoms with Crippen molar-refractivity contribution in [3.8, 4) is 0 Å². The number of benzene rings is 1. The van der Waals surface area contributed by atoms with E-state index in [0.29, 0.717) is 5.56 Å². The molecule has 15 heavy (non-hydrogen) atoms. The van der Waals surface area contributed by atoms with Gasteiger partial charge in [-0.1, -0.05) is 18.2 Å². The molecular formula is C9H11NO4S. The van der Waals surface area contributed by atoms with Gasteiger partial charge in [-0.25, -0.2) is 0 Å². The molecule has 0 fully saturated rings. The average molecular weight is 229 g/mol. The van der Waals surface area contributed by atoms with Gasteiger partial charge in [0.25, 0.3) is 5.91 Å². The second kappa shape index (κ2) is 6.28. The fourth-order valence-electron chi connectivity index (χ4n) is 0.969. The third kappa shape index (κ3) is 4.68. The number of carbonyl (C=O) groups excluding carboxylic acids is 1. The van der Waals surface area contributed by atoms with Crippen LogP contribution in [0.15, 0.2) is 30.3 Å². The molecule has 1 amide bonds. The largest absolute Gasteiger partial charge is 0.350 e. The summed E-state index contributed by atoms with van der Waals surface area (Å²) in [6.07, 6.45) is 0. The Morgan fingerprint density at radius 2 is 2.07 bits per heavy atom. The molecule has 5 nitrogen and oxygen atoms in total. The van der Waals surface area contributed by atoms with Gasteiger partial charge in [-0.05, 0) is 12.1 Å². The predicted molar refractivity (Wildman–Crippen MR) is 55.5 cm³/mol. The molecule has 0 spiro atoms. The van der Waals surface area contributed by atoms with Crippen LogP contribution in [0.1, 0.15) is 10.4 Å². The van der Waals surface area contributed by atoms with Crippen LogP contribution < -0.4 is 5.32 Å². The molecule has 0 aliphatic carbocycles. The zero-order chi connectivity index (χ0) is 11.1. The highest BCUT2D eigenvalue weighted by Gasteiger charge is 2.03. The van der Waals surface area contributed by atoms with Crippen molar-refractivity contribution in [1.82, 2.24) is 5.32 Å². The first-order valence-electron chi connectivity index (χ1n) is 4.27. The van der Waals surface area contributed by atoms with E-state index in [2.05, 4.69) is 9.50 Å². The van der Waals surface area contributed by atoms with Crippen molar-refractivity contribution in [1.29, 1.82) is 0 Å². The van der Waals surface area contributed by atoms with Gasteiger partial charge in [0.1, 0.15) is 0 Å². The number of hydrogen-bond donors (Lipinski definition) is 2. The Labute approximate surface area is 89.9 Å². The van der Waals surface area contributed by atoms with E-state index in [1.54, 1.807) is 24.3 Å². The molecule has 82 valence electrons. The first-order chi connectivity index (χ1) is 7.20. The van der Waals surface area contributed by atoms with E-state index in [-0.39, 0.29) is 19.1 Å². The summed E-state index contributed by atoms with van der Waals surface area (Å²) in [6.45, 7) is 0.196. The van der Waals surface area contributed by atoms with Crippen LogP contribution in [-0.2, 0) is 15.5 Å². The van der Waals surface area contributed by atoms with Gasteiger partial charge in [0, 0.05) is 12.1 Å². The number of amides is 1. The summed E-state index contributed by atoms with van der Waals surface area (Å²) in [6, 6.07) is 8.69. The SMILES string of the molecule is O=C(NCCOS(=O)O)c1ccccc1. The van der Waals surface area contributed by atoms with E-state index >= 15 is 0 Å². The molecule has 0 aliphatic heterocycles. The fourth-order valence-corrected chi connectivity index (χ4v) is 1.20. The van der Waals surface area contributed by atoms with Crippen LogP contribution in [0.4, 0.5) is 0 Å². The highest BCUT2D eigenvalue weighted by molar-refractivity contribution is 7.74. The van der Waals surface area contributed by atoms with Gasteiger partial charge in [-0.2, -0.15) is 4.21 Å². The van der Waals surface area contributed by atoms with E-state index in [0.717, 1.165) is 0 Å². The van der Waals surface area contributed by atoms with Crippen molar-refractivity contribution in [2.24, 2.45) is 0 Å². The molecule has 1 rings (SSSR count). The van der Waals surface area contributed by atoms with Crippen molar-refractivity contribution < 1.29 is 17.7 Å². The van der Waals surface area contributed by atoms with Crippen molar-refractivity contribution in [2.75, 3.05) is 13.2 Å². The summed E-state index contributed by atoms with van der Waals surface area (Å²) in [5.41, 5.74) is 0.544. The quantitative estimate of drug-likeness (QED) is 0.571. The monoisotopic (exact) mass is 229 g/mol. The lowest BCUT2D eigenvalue weighted by Gasteiger charge is -2.03. The first-order valence-corrected chi connectivity index (χ1v) is 5.30. The van der Waals surface area contributed by atoms with Crippen LogP contribution in [0.5, 0.6) is 0 Å². The Morgan fingerprint density at radius 1 is 1.40 bits per heavy atom. The Morgan fingerprint density at radius 3 is 2.67 bits per heavy atom. The van der Waals surface area contributed by atoms with Gasteiger partial charge >= 0.3 is 11.4 Å². The molecule has 0 saturated heterocycles. The predicted octanol–water partition coefficient (Wildman–Crippen LogP) is 0.570. The Kier molecular flexibility index (Phi) is 4.96. The highest BCUT2D eigenvalue weighted by atomic mass is 32.2. The minimum absolute atomic E-state index is 0.00167. The molecule has 1 aromatic carbocycles. The summed E-state index contributed by atoms with van der Waals surface area (Å²) in [4.78, 5) is 11.4. The van der Waals surface area contributed by atoms with E-state index in [4.69, 9.17) is 4.55 Å². The number of nitrogens with one attached hydrogen (secondary N) is 1. The number of hydrogen-bond acceptors (Lipinski definition) is 3. The van der Waals surface area contributed by atoms with Crippen LogP contribution in [0, 0.1) is 0 Å². The fraction of sp³-hybridized carbons (Fsp3) is 0.222. The summed E-state index contributed by atoms with van der Waals surface area (Å²) in [5, 5.41) is 2.54. The van der Waals surface area contributed by atoms with Gasteiger partial charge in [-0.3, -0.25) is 13.5 Å². The van der Waals surface area contributed by atoms with Crippen LogP contribution >= 0.6 is 0 Å². The van der Waals surface area contributed by atoms with E-state index in [1.165, 1.54) is 0 Å². The zero-order valence-electron chi connectivity index (χ0n) is 7.88. The normalized spacial score (nSPS) is 12.1. The van der Waals surface area contributed by atoms with Crippen LogP contribution in [-0.4, -0.2) is 27.8 Å². The van der Waals surface area contributed by atoms with Crippen LogP contribution in [0.2, 0.25) is 0 Å². The molecule has 0 saturated carbocycles. The molecular weight excluding hydrogens is 218 g/mol. The van der Waals surface area contributed by atoms with Gasteiger partial charge in [-0.15, -0.1) is 0 Å². The summed E-state index contributed by atoms with van der Waals surface area (Å²) < 4.78 is 22.7. The van der Waals surface area contributed by atoms with Crippen molar-refractivity contribution in [3.63, 3.8) is 0 Å². The molecule has 2 N–H and O–H groups in total. The number of rotatable bonds is 5. The van der Waals surface area contributed by atoms with Crippen molar-refractivity contribution >= 4 is 17.3 Å². The summed E-state index contributed by atoms with van der Waals surface area (Å²) in [7, 11) is 0. The second-order valence-corrected chi connectivity index (χ2v) is 3.33. The first kappa shape index (κ1) is 11.8.